The van der Waals surface area contributed by atoms with Crippen molar-refractivity contribution in [1.82, 2.24) is 14.9 Å². The molecule has 0 unspecified atom stereocenters. The van der Waals surface area contributed by atoms with Crippen molar-refractivity contribution < 1.29 is 4.79 Å². The molecule has 3 heterocycles. The number of carbonyl (C=O) groups excluding carboxylic acids is 1. The minimum Gasteiger partial charge on any atom is -0.282 e. The molecular weight excluding hydrogens is 364 g/mol. The van der Waals surface area contributed by atoms with Gasteiger partial charge in [-0.15, -0.1) is 17.9 Å². The van der Waals surface area contributed by atoms with Gasteiger partial charge in [0.1, 0.15) is 0 Å². The molecule has 1 aromatic carbocycles. The number of thioether (sulfide) groups is 1. The van der Waals surface area contributed by atoms with E-state index < -0.39 is 0 Å². The first-order valence-corrected chi connectivity index (χ1v) is 9.60. The molecule has 4 rings (SSSR count). The normalized spacial score (nSPS) is 17.5. The number of amides is 1. The molecule has 1 fully saturated rings. The van der Waals surface area contributed by atoms with E-state index in [2.05, 4.69) is 21.5 Å². The van der Waals surface area contributed by atoms with Crippen molar-refractivity contribution in [2.75, 3.05) is 6.54 Å². The van der Waals surface area contributed by atoms with Crippen molar-refractivity contribution in [2.24, 2.45) is 4.99 Å². The highest BCUT2D eigenvalue weighted by atomic mass is 32.2. The van der Waals surface area contributed by atoms with Crippen LogP contribution in [0.5, 0.6) is 0 Å². The average Bonchev–Trinajstić information content (AvgIpc) is 3.27. The molecule has 0 N–H and O–H groups in total. The number of fused-ring (bicyclic) bond motifs is 1. The molecule has 7 heteroatoms. The van der Waals surface area contributed by atoms with E-state index in [1.54, 1.807) is 23.4 Å². The average molecular weight is 378 g/mol. The lowest BCUT2D eigenvalue weighted by Gasteiger charge is -2.11. The third-order valence-electron chi connectivity index (χ3n) is 3.76. The van der Waals surface area contributed by atoms with Gasteiger partial charge in [0.25, 0.3) is 5.91 Å². The number of hydrogen-bond acceptors (Lipinski definition) is 6. The van der Waals surface area contributed by atoms with Gasteiger partial charge in [-0.2, -0.15) is 4.99 Å². The lowest BCUT2D eigenvalue weighted by Crippen LogP contribution is -2.29. The van der Waals surface area contributed by atoms with Crippen LogP contribution in [0.2, 0.25) is 0 Å². The largest absolute Gasteiger partial charge is 0.282 e. The number of amidine groups is 1. The SMILES string of the molecule is C=CCN1C(=O)/C(=C/c2cccc3cccnc23)S/C1=N\c1nccs1. The van der Waals surface area contributed by atoms with Crippen LogP contribution >= 0.6 is 23.1 Å². The van der Waals surface area contributed by atoms with Gasteiger partial charge in [0.15, 0.2) is 5.17 Å². The summed E-state index contributed by atoms with van der Waals surface area (Å²) < 4.78 is 0. The Balaban J connectivity index is 1.75. The van der Waals surface area contributed by atoms with Gasteiger partial charge in [0, 0.05) is 35.3 Å². The molecule has 1 amide bonds. The summed E-state index contributed by atoms with van der Waals surface area (Å²) in [6.07, 6.45) is 7.02. The Bertz CT molecular complexity index is 1040. The predicted molar refractivity (Wildman–Crippen MR) is 108 cm³/mol. The van der Waals surface area contributed by atoms with E-state index >= 15 is 0 Å². The van der Waals surface area contributed by atoms with Crippen LogP contribution in [0.25, 0.3) is 17.0 Å². The number of para-hydroxylation sites is 1. The van der Waals surface area contributed by atoms with Crippen LogP contribution in [-0.2, 0) is 4.79 Å². The zero-order valence-corrected chi connectivity index (χ0v) is 15.3. The Kier molecular flexibility index (Phi) is 4.64. The number of aromatic nitrogens is 2. The van der Waals surface area contributed by atoms with Crippen LogP contribution in [0.3, 0.4) is 0 Å². The van der Waals surface area contributed by atoms with E-state index in [0.29, 0.717) is 21.7 Å². The fourth-order valence-electron chi connectivity index (χ4n) is 2.62. The van der Waals surface area contributed by atoms with Gasteiger partial charge < -0.3 is 0 Å². The Hall–Kier alpha value is -2.77. The second kappa shape index (κ2) is 7.23. The van der Waals surface area contributed by atoms with Crippen molar-refractivity contribution in [1.29, 1.82) is 0 Å². The smallest absolute Gasteiger partial charge is 0.267 e. The Labute approximate surface area is 158 Å². The zero-order valence-electron chi connectivity index (χ0n) is 13.7. The first kappa shape index (κ1) is 16.7. The van der Waals surface area contributed by atoms with Gasteiger partial charge in [-0.1, -0.05) is 30.3 Å². The van der Waals surface area contributed by atoms with Gasteiger partial charge in [-0.25, -0.2) is 4.98 Å². The van der Waals surface area contributed by atoms with Crippen LogP contribution in [0.1, 0.15) is 5.56 Å². The van der Waals surface area contributed by atoms with E-state index in [1.165, 1.54) is 23.1 Å². The number of pyridine rings is 1. The van der Waals surface area contributed by atoms with Crippen molar-refractivity contribution in [3.05, 3.63) is 71.2 Å². The molecule has 2 aromatic heterocycles. The van der Waals surface area contributed by atoms with E-state index in [9.17, 15) is 4.79 Å². The fraction of sp³-hybridized carbons (Fsp3) is 0.0526. The number of thiazole rings is 1. The maximum absolute atomic E-state index is 12.8. The third-order valence-corrected chi connectivity index (χ3v) is 5.43. The van der Waals surface area contributed by atoms with E-state index in [-0.39, 0.29) is 5.91 Å². The fourth-order valence-corrected chi connectivity index (χ4v) is 4.16. The summed E-state index contributed by atoms with van der Waals surface area (Å²) in [5, 5.41) is 4.14. The third kappa shape index (κ3) is 3.18. The van der Waals surface area contributed by atoms with E-state index in [1.807, 2.05) is 41.8 Å². The lowest BCUT2D eigenvalue weighted by molar-refractivity contribution is -0.121. The van der Waals surface area contributed by atoms with E-state index in [4.69, 9.17) is 0 Å². The molecular formula is C19H14N4OS2. The Morgan fingerprint density at radius 3 is 2.88 bits per heavy atom. The molecule has 0 radical (unpaired) electrons. The summed E-state index contributed by atoms with van der Waals surface area (Å²) in [6, 6.07) is 9.84. The molecule has 0 spiro atoms. The Morgan fingerprint density at radius 2 is 2.08 bits per heavy atom. The minimum absolute atomic E-state index is 0.0851. The number of rotatable bonds is 4. The summed E-state index contributed by atoms with van der Waals surface area (Å²) in [4.78, 5) is 28.2. The predicted octanol–water partition coefficient (Wildman–Crippen LogP) is 4.48. The standard InChI is InChI=1S/C19H14N4OS2/c1-2-10-23-17(24)15(26-19(23)22-18-21-9-11-25-18)12-14-6-3-5-13-7-4-8-20-16(13)14/h2-9,11-12H,1,10H2/b15-12-,22-19-. The van der Waals surface area contributed by atoms with Gasteiger partial charge >= 0.3 is 0 Å². The highest BCUT2D eigenvalue weighted by molar-refractivity contribution is 8.18. The number of aliphatic imine (C=N–C) groups is 1. The summed E-state index contributed by atoms with van der Waals surface area (Å²) >= 11 is 2.78. The topological polar surface area (TPSA) is 58.5 Å². The quantitative estimate of drug-likeness (QED) is 0.496. The second-order valence-electron chi connectivity index (χ2n) is 5.45. The van der Waals surface area contributed by atoms with Crippen molar-refractivity contribution >= 4 is 56.3 Å². The number of hydrogen-bond donors (Lipinski definition) is 0. The molecule has 0 aliphatic carbocycles. The molecule has 3 aromatic rings. The van der Waals surface area contributed by atoms with Gasteiger partial charge in [0.2, 0.25) is 5.13 Å². The molecule has 1 aliphatic rings. The lowest BCUT2D eigenvalue weighted by atomic mass is 10.1. The van der Waals surface area contributed by atoms with Crippen LogP contribution in [0.15, 0.2) is 70.7 Å². The van der Waals surface area contributed by atoms with Crippen LogP contribution in [0, 0.1) is 0 Å². The van der Waals surface area contributed by atoms with Gasteiger partial charge in [0.05, 0.1) is 10.4 Å². The molecule has 0 saturated carbocycles. The monoisotopic (exact) mass is 378 g/mol. The molecule has 1 aliphatic heterocycles. The summed E-state index contributed by atoms with van der Waals surface area (Å²) in [6.45, 7) is 4.14. The molecule has 0 bridgehead atoms. The summed E-state index contributed by atoms with van der Waals surface area (Å²) in [5.41, 5.74) is 1.78. The molecule has 26 heavy (non-hydrogen) atoms. The van der Waals surface area contributed by atoms with Crippen molar-refractivity contribution in [3.8, 4) is 0 Å². The first-order valence-electron chi connectivity index (χ1n) is 7.90. The Morgan fingerprint density at radius 1 is 1.19 bits per heavy atom. The second-order valence-corrected chi connectivity index (χ2v) is 7.33. The highest BCUT2D eigenvalue weighted by Gasteiger charge is 2.33. The van der Waals surface area contributed by atoms with Gasteiger partial charge in [-0.05, 0) is 23.9 Å². The first-order chi connectivity index (χ1) is 12.8. The maximum atomic E-state index is 12.8. The van der Waals surface area contributed by atoms with E-state index in [0.717, 1.165) is 16.5 Å². The molecule has 1 saturated heterocycles. The number of carbonyl (C=O) groups is 1. The minimum atomic E-state index is -0.0851. The molecule has 0 atom stereocenters. The number of nitrogens with zero attached hydrogens (tertiary/aromatic N) is 4. The van der Waals surface area contributed by atoms with Crippen molar-refractivity contribution in [3.63, 3.8) is 0 Å². The van der Waals surface area contributed by atoms with Crippen LogP contribution in [0.4, 0.5) is 5.13 Å². The van der Waals surface area contributed by atoms with Crippen molar-refractivity contribution in [2.45, 2.75) is 0 Å². The summed E-state index contributed by atoms with van der Waals surface area (Å²) in [7, 11) is 0. The van der Waals surface area contributed by atoms with Gasteiger partial charge in [-0.3, -0.25) is 14.7 Å². The zero-order chi connectivity index (χ0) is 17.9. The molecule has 5 nitrogen and oxygen atoms in total. The maximum Gasteiger partial charge on any atom is 0.267 e. The molecule has 128 valence electrons. The highest BCUT2D eigenvalue weighted by Crippen LogP contribution is 2.35. The van der Waals surface area contributed by atoms with Crippen LogP contribution < -0.4 is 0 Å². The summed E-state index contributed by atoms with van der Waals surface area (Å²) in [5.74, 6) is -0.0851. The van der Waals surface area contributed by atoms with Crippen LogP contribution in [-0.4, -0.2) is 32.5 Å². The number of benzene rings is 1.